The number of hydrogen-bond donors (Lipinski definition) is 5. The average molecular weight is 570 g/mol. The monoisotopic (exact) mass is 569 g/mol. The Balaban J connectivity index is 1.38. The Kier molecular flexibility index (Phi) is 8.67. The number of aromatic hydroxyl groups is 1. The first kappa shape index (κ1) is 29.5. The average Bonchev–Trinajstić information content (AvgIpc) is 3.38. The van der Waals surface area contributed by atoms with Gasteiger partial charge in [0.05, 0.1) is 12.2 Å². The Morgan fingerprint density at radius 2 is 1.71 bits per heavy atom. The van der Waals surface area contributed by atoms with Crippen LogP contribution >= 0.6 is 0 Å². The molecule has 0 unspecified atom stereocenters. The first-order chi connectivity index (χ1) is 19.5. The number of piperazine rings is 1. The summed E-state index contributed by atoms with van der Waals surface area (Å²) in [5, 5.41) is 52.8. The third-order valence-corrected chi connectivity index (χ3v) is 8.02. The molecule has 2 fully saturated rings. The molecule has 0 aliphatic carbocycles. The summed E-state index contributed by atoms with van der Waals surface area (Å²) in [6.07, 6.45) is -3.79. The van der Waals surface area contributed by atoms with Crippen molar-refractivity contribution in [3.05, 3.63) is 59.4 Å². The second kappa shape index (κ2) is 12.1. The number of phenolic OH excluding ortho intramolecular Hbond substituents is 1. The predicted octanol–water partition coefficient (Wildman–Crippen LogP) is 1.08. The van der Waals surface area contributed by atoms with Crippen molar-refractivity contribution in [1.29, 1.82) is 0 Å². The lowest BCUT2D eigenvalue weighted by Crippen LogP contribution is -2.60. The van der Waals surface area contributed by atoms with Crippen molar-refractivity contribution >= 4 is 16.7 Å². The smallest absolute Gasteiger partial charge is 0.265 e. The maximum absolute atomic E-state index is 13.6. The van der Waals surface area contributed by atoms with E-state index in [2.05, 4.69) is 29.0 Å². The van der Waals surface area contributed by atoms with Crippen LogP contribution in [0.1, 0.15) is 41.3 Å². The number of aromatic nitrogens is 1. The van der Waals surface area contributed by atoms with Crippen molar-refractivity contribution in [2.45, 2.75) is 57.0 Å². The number of aliphatic hydroxyl groups excluding tert-OH is 4. The van der Waals surface area contributed by atoms with Crippen molar-refractivity contribution in [3.8, 4) is 11.5 Å². The number of aliphatic hydroxyl groups is 4. The quantitative estimate of drug-likeness (QED) is 0.280. The van der Waals surface area contributed by atoms with E-state index in [1.165, 1.54) is 16.2 Å². The van der Waals surface area contributed by atoms with Crippen LogP contribution in [-0.2, 0) is 11.3 Å². The number of phenols is 1. The molecule has 3 aromatic rings. The molecule has 11 nitrogen and oxygen atoms in total. The Morgan fingerprint density at radius 1 is 1.00 bits per heavy atom. The Morgan fingerprint density at radius 3 is 2.39 bits per heavy atom. The number of ether oxygens (including phenoxy) is 2. The number of nitrogens with zero attached hydrogens (tertiary/aromatic N) is 3. The van der Waals surface area contributed by atoms with Crippen LogP contribution in [0.5, 0.6) is 11.5 Å². The van der Waals surface area contributed by atoms with Gasteiger partial charge < -0.3 is 39.9 Å². The fourth-order valence-electron chi connectivity index (χ4n) is 5.41. The summed E-state index contributed by atoms with van der Waals surface area (Å²) in [5.74, 6) is -0.749. The van der Waals surface area contributed by atoms with Crippen LogP contribution < -0.4 is 4.74 Å². The molecule has 2 aliphatic heterocycles. The van der Waals surface area contributed by atoms with Crippen LogP contribution in [0.15, 0.2) is 42.7 Å². The zero-order chi connectivity index (χ0) is 29.4. The summed E-state index contributed by atoms with van der Waals surface area (Å²) in [6.45, 7) is 8.13. The summed E-state index contributed by atoms with van der Waals surface area (Å²) in [7, 11) is 2.13. The van der Waals surface area contributed by atoms with E-state index in [0.717, 1.165) is 43.5 Å². The van der Waals surface area contributed by atoms with Crippen molar-refractivity contribution in [2.75, 3.05) is 39.8 Å². The van der Waals surface area contributed by atoms with Crippen molar-refractivity contribution < 1.29 is 39.8 Å². The van der Waals surface area contributed by atoms with Crippen molar-refractivity contribution in [1.82, 2.24) is 14.4 Å². The molecule has 0 bridgehead atoms. The van der Waals surface area contributed by atoms with Gasteiger partial charge in [0, 0.05) is 56.6 Å². The zero-order valence-corrected chi connectivity index (χ0v) is 23.6. The number of benzene rings is 2. The van der Waals surface area contributed by atoms with Gasteiger partial charge in [0.2, 0.25) is 6.29 Å². The van der Waals surface area contributed by atoms with Crippen LogP contribution in [0.25, 0.3) is 10.8 Å². The van der Waals surface area contributed by atoms with Gasteiger partial charge in [-0.15, -0.1) is 0 Å². The summed E-state index contributed by atoms with van der Waals surface area (Å²) in [4.78, 5) is 18.3. The minimum absolute atomic E-state index is 0.0767. The second-order valence-corrected chi connectivity index (χ2v) is 11.4. The molecule has 0 amide bonds. The van der Waals surface area contributed by atoms with E-state index in [9.17, 15) is 30.3 Å². The molecule has 0 spiro atoms. The number of fused-ring (bicyclic) bond motifs is 1. The maximum atomic E-state index is 13.6. The first-order valence-corrected chi connectivity index (χ1v) is 14.0. The van der Waals surface area contributed by atoms with Crippen LogP contribution in [0.4, 0.5) is 0 Å². The molecule has 0 saturated carbocycles. The number of carbonyl (C=O) groups is 1. The number of carbonyl (C=O) groups excluding carboxylic acids is 1. The summed E-state index contributed by atoms with van der Waals surface area (Å²) >= 11 is 0. The van der Waals surface area contributed by atoms with Gasteiger partial charge in [-0.05, 0) is 41.6 Å². The molecule has 5 N–H and O–H groups in total. The van der Waals surface area contributed by atoms with Gasteiger partial charge in [-0.1, -0.05) is 26.0 Å². The highest BCUT2D eigenvalue weighted by Gasteiger charge is 2.45. The lowest BCUT2D eigenvalue weighted by molar-refractivity contribution is -0.277. The van der Waals surface area contributed by atoms with E-state index in [0.29, 0.717) is 5.56 Å². The van der Waals surface area contributed by atoms with Gasteiger partial charge in [0.25, 0.3) is 5.91 Å². The highest BCUT2D eigenvalue weighted by Crippen LogP contribution is 2.36. The van der Waals surface area contributed by atoms with Crippen LogP contribution in [0.2, 0.25) is 0 Å². The predicted molar refractivity (Wildman–Crippen MR) is 151 cm³/mol. The maximum Gasteiger partial charge on any atom is 0.265 e. The van der Waals surface area contributed by atoms with Gasteiger partial charge >= 0.3 is 0 Å². The lowest BCUT2D eigenvalue weighted by atomic mass is 9.97. The molecule has 2 saturated heterocycles. The van der Waals surface area contributed by atoms with E-state index < -0.39 is 43.2 Å². The van der Waals surface area contributed by atoms with Gasteiger partial charge in [-0.3, -0.25) is 14.3 Å². The van der Waals surface area contributed by atoms with E-state index >= 15 is 0 Å². The van der Waals surface area contributed by atoms with Gasteiger partial charge in [-0.25, -0.2) is 0 Å². The fourth-order valence-corrected chi connectivity index (χ4v) is 5.41. The number of hydrogen-bond acceptors (Lipinski definition) is 10. The number of rotatable bonds is 7. The van der Waals surface area contributed by atoms with E-state index in [4.69, 9.17) is 9.47 Å². The molecule has 5 rings (SSSR count). The first-order valence-electron chi connectivity index (χ1n) is 14.0. The highest BCUT2D eigenvalue weighted by atomic mass is 16.7. The van der Waals surface area contributed by atoms with Gasteiger partial charge in [0.15, 0.2) is 0 Å². The molecule has 41 heavy (non-hydrogen) atoms. The number of likely N-dealkylation sites (N-methyl/N-ethyl adjacent to an activating group) is 1. The summed E-state index contributed by atoms with van der Waals surface area (Å²) in [6, 6.07) is 9.00. The molecule has 1 aromatic heterocycles. The molecular formula is C30H39N3O8. The fraction of sp³-hybridized carbons (Fsp3) is 0.500. The largest absolute Gasteiger partial charge is 0.507 e. The topological polar surface area (TPSA) is 148 Å². The Hall–Kier alpha value is -3.03. The molecule has 2 aliphatic rings. The highest BCUT2D eigenvalue weighted by molar-refractivity contribution is 6.01. The normalized spacial score (nSPS) is 26.1. The van der Waals surface area contributed by atoms with E-state index in [1.807, 2.05) is 19.9 Å². The van der Waals surface area contributed by atoms with E-state index in [1.54, 1.807) is 18.5 Å². The second-order valence-electron chi connectivity index (χ2n) is 11.4. The minimum Gasteiger partial charge on any atom is -0.507 e. The van der Waals surface area contributed by atoms with Crippen molar-refractivity contribution in [3.63, 3.8) is 0 Å². The summed E-state index contributed by atoms with van der Waals surface area (Å²) in [5.41, 5.74) is 1.81. The van der Waals surface area contributed by atoms with Crippen LogP contribution in [0.3, 0.4) is 0 Å². The van der Waals surface area contributed by atoms with Gasteiger partial charge in [0.1, 0.15) is 35.9 Å². The third kappa shape index (κ3) is 6.12. The van der Waals surface area contributed by atoms with Crippen LogP contribution in [-0.4, -0.2) is 116 Å². The molecule has 2 aromatic carbocycles. The Bertz CT molecular complexity index is 1380. The third-order valence-electron chi connectivity index (χ3n) is 8.02. The molecular weight excluding hydrogens is 530 g/mol. The Labute approximate surface area is 238 Å². The van der Waals surface area contributed by atoms with Crippen molar-refractivity contribution in [2.24, 2.45) is 0 Å². The zero-order valence-electron chi connectivity index (χ0n) is 23.6. The SMILES string of the molecule is CC(C)c1cc(C(=O)n2cc3ccc(CN4CCN(C)CC4)cc3c2)c(O)cc1O[C@@H]1O[C@H](CO)[C@H](O)[C@H](O)[C@H]1O. The van der Waals surface area contributed by atoms with Crippen LogP contribution in [0, 0.1) is 0 Å². The summed E-state index contributed by atoms with van der Waals surface area (Å²) < 4.78 is 12.7. The molecule has 0 radical (unpaired) electrons. The molecule has 5 atom stereocenters. The molecule has 11 heteroatoms. The van der Waals surface area contributed by atoms with E-state index in [-0.39, 0.29) is 23.0 Å². The minimum atomic E-state index is -1.61. The molecule has 3 heterocycles. The standard InChI is InChI=1S/C30H39N3O8/c1-17(2)21-11-22(23(35)12-24(21)40-30-28(38)27(37)26(36)25(16-34)41-30)29(39)33-14-19-5-4-18(10-20(19)15-33)13-32-8-6-31(3)7-9-32/h4-5,10-12,14-15,17,25-28,30,34-38H,6-9,13,16H2,1-3H3/t25-,26+,27+,28-,30-/m1/s1. The van der Waals surface area contributed by atoms with Gasteiger partial charge in [-0.2, -0.15) is 0 Å². The molecule has 222 valence electrons. The lowest BCUT2D eigenvalue weighted by Gasteiger charge is -2.39.